The Hall–Kier alpha value is -0.480. The maximum Gasteiger partial charge on any atom is 0.238 e. The summed E-state index contributed by atoms with van der Waals surface area (Å²) in [6.45, 7) is 3.38. The lowest BCUT2D eigenvalue weighted by Crippen LogP contribution is -2.28. The van der Waals surface area contributed by atoms with Crippen LogP contribution in [-0.4, -0.2) is 19.0 Å². The second-order valence-corrected chi connectivity index (χ2v) is 9.29. The molecule has 0 aliphatic carbocycles. The van der Waals surface area contributed by atoms with Gasteiger partial charge in [-0.25, -0.2) is 0 Å². The van der Waals surface area contributed by atoms with Crippen molar-refractivity contribution in [2.24, 2.45) is 0 Å². The lowest BCUT2D eigenvalue weighted by atomic mass is 10.0. The summed E-state index contributed by atoms with van der Waals surface area (Å²) >= 11 is 17.9. The van der Waals surface area contributed by atoms with Crippen LogP contribution in [0.4, 0.5) is 5.69 Å². The molecule has 0 aromatic heterocycles. The van der Waals surface area contributed by atoms with E-state index in [9.17, 15) is 4.79 Å². The van der Waals surface area contributed by atoms with Crippen LogP contribution in [0, 0.1) is 0 Å². The third kappa shape index (κ3) is 13.7. The summed E-state index contributed by atoms with van der Waals surface area (Å²) in [4.78, 5) is 12.0. The van der Waals surface area contributed by atoms with E-state index in [0.717, 1.165) is 13.0 Å². The van der Waals surface area contributed by atoms with E-state index < -0.39 is 0 Å². The van der Waals surface area contributed by atoms with E-state index in [4.69, 9.17) is 34.8 Å². The molecule has 1 aromatic carbocycles. The fourth-order valence-electron chi connectivity index (χ4n) is 3.46. The first kappa shape index (κ1) is 27.6. The van der Waals surface area contributed by atoms with Gasteiger partial charge in [0, 0.05) is 0 Å². The third-order valence-electron chi connectivity index (χ3n) is 5.28. The number of halogens is 3. The highest BCUT2D eigenvalue weighted by atomic mass is 35.5. The molecule has 1 aromatic rings. The fraction of sp³-hybridized carbons (Fsp3) is 0.708. The van der Waals surface area contributed by atoms with Crippen LogP contribution in [0.1, 0.15) is 96.8 Å². The number of hydrogen-bond donors (Lipinski definition) is 2. The van der Waals surface area contributed by atoms with E-state index >= 15 is 0 Å². The SMILES string of the molecule is CCCCCCCCCCCCCCCCNCC(=O)Nc1cc(Cl)c(Cl)cc1Cl. The first-order valence-electron chi connectivity index (χ1n) is 11.7. The standard InChI is InChI=1S/C24H39Cl3N2O/c1-2-3-4-5-6-7-8-9-10-11-12-13-14-15-16-28-19-24(30)29-23-18-21(26)20(25)17-22(23)27/h17-18,28H,2-16,19H2,1H3,(H,29,30). The number of nitrogens with one attached hydrogen (secondary N) is 2. The van der Waals surface area contributed by atoms with Gasteiger partial charge in [-0.3, -0.25) is 4.79 Å². The molecule has 0 atom stereocenters. The van der Waals surface area contributed by atoms with Gasteiger partial charge in [-0.15, -0.1) is 0 Å². The molecule has 0 saturated heterocycles. The van der Waals surface area contributed by atoms with E-state index in [1.165, 1.54) is 89.5 Å². The average Bonchev–Trinajstić information content (AvgIpc) is 2.71. The van der Waals surface area contributed by atoms with Crippen molar-refractivity contribution in [1.82, 2.24) is 5.32 Å². The zero-order chi connectivity index (χ0) is 22.0. The molecular weight excluding hydrogens is 439 g/mol. The fourth-order valence-corrected chi connectivity index (χ4v) is 4.05. The van der Waals surface area contributed by atoms with Gasteiger partial charge in [0.15, 0.2) is 0 Å². The van der Waals surface area contributed by atoms with Crippen LogP contribution >= 0.6 is 34.8 Å². The lowest BCUT2D eigenvalue weighted by molar-refractivity contribution is -0.115. The van der Waals surface area contributed by atoms with E-state index in [0.29, 0.717) is 20.8 Å². The van der Waals surface area contributed by atoms with Crippen LogP contribution in [0.3, 0.4) is 0 Å². The Labute approximate surface area is 198 Å². The second-order valence-electron chi connectivity index (χ2n) is 8.07. The van der Waals surface area contributed by atoms with Gasteiger partial charge < -0.3 is 10.6 Å². The monoisotopic (exact) mass is 476 g/mol. The Balaban J connectivity index is 1.89. The van der Waals surface area contributed by atoms with E-state index in [1.807, 2.05) is 0 Å². The molecule has 0 aliphatic heterocycles. The minimum Gasteiger partial charge on any atom is -0.324 e. The summed E-state index contributed by atoms with van der Waals surface area (Å²) in [7, 11) is 0. The number of hydrogen-bond acceptors (Lipinski definition) is 2. The molecule has 30 heavy (non-hydrogen) atoms. The van der Waals surface area contributed by atoms with E-state index in [1.54, 1.807) is 6.07 Å². The molecule has 0 radical (unpaired) electrons. The van der Waals surface area contributed by atoms with Gasteiger partial charge in [0.25, 0.3) is 0 Å². The van der Waals surface area contributed by atoms with Crippen molar-refractivity contribution >= 4 is 46.4 Å². The largest absolute Gasteiger partial charge is 0.324 e. The predicted octanol–water partition coefficient (Wildman–Crippen LogP) is 8.66. The summed E-state index contributed by atoms with van der Waals surface area (Å²) in [5, 5.41) is 7.05. The number of benzene rings is 1. The van der Waals surface area contributed by atoms with E-state index in [2.05, 4.69) is 17.6 Å². The average molecular weight is 478 g/mol. The van der Waals surface area contributed by atoms with Crippen molar-refractivity contribution in [3.63, 3.8) is 0 Å². The Kier molecular flexibility index (Phi) is 16.6. The Morgan fingerprint density at radius 2 is 1.17 bits per heavy atom. The van der Waals surface area contributed by atoms with Crippen LogP contribution in [0.2, 0.25) is 15.1 Å². The van der Waals surface area contributed by atoms with Gasteiger partial charge in [0.05, 0.1) is 27.3 Å². The second kappa shape index (κ2) is 18.1. The van der Waals surface area contributed by atoms with Crippen LogP contribution in [-0.2, 0) is 4.79 Å². The highest BCUT2D eigenvalue weighted by Crippen LogP contribution is 2.32. The van der Waals surface area contributed by atoms with Gasteiger partial charge >= 0.3 is 0 Å². The minimum absolute atomic E-state index is 0.138. The Morgan fingerprint density at radius 3 is 1.70 bits per heavy atom. The molecule has 172 valence electrons. The summed E-state index contributed by atoms with van der Waals surface area (Å²) in [6, 6.07) is 3.10. The number of amides is 1. The van der Waals surface area contributed by atoms with Crippen molar-refractivity contribution in [3.05, 3.63) is 27.2 Å². The molecule has 2 N–H and O–H groups in total. The van der Waals surface area contributed by atoms with Gasteiger partial charge in [-0.05, 0) is 25.1 Å². The van der Waals surface area contributed by atoms with Crippen LogP contribution in [0.25, 0.3) is 0 Å². The van der Waals surface area contributed by atoms with Crippen molar-refractivity contribution < 1.29 is 4.79 Å². The molecule has 3 nitrogen and oxygen atoms in total. The number of carbonyl (C=O) groups is 1. The Bertz CT molecular complexity index is 596. The molecule has 1 amide bonds. The molecule has 6 heteroatoms. The third-order valence-corrected chi connectivity index (χ3v) is 6.31. The number of anilines is 1. The molecule has 0 heterocycles. The zero-order valence-electron chi connectivity index (χ0n) is 18.5. The normalized spacial score (nSPS) is 11.1. The topological polar surface area (TPSA) is 41.1 Å². The molecule has 0 aliphatic rings. The first-order chi connectivity index (χ1) is 14.5. The van der Waals surface area contributed by atoms with Crippen LogP contribution in [0.15, 0.2) is 12.1 Å². The van der Waals surface area contributed by atoms with Crippen molar-refractivity contribution in [3.8, 4) is 0 Å². The highest BCUT2D eigenvalue weighted by molar-refractivity contribution is 6.44. The molecular formula is C24H39Cl3N2O. The molecule has 1 rings (SSSR count). The summed E-state index contributed by atoms with van der Waals surface area (Å²) in [5.41, 5.74) is 0.481. The van der Waals surface area contributed by atoms with Crippen molar-refractivity contribution in [1.29, 1.82) is 0 Å². The molecule has 0 bridgehead atoms. The summed E-state index contributed by atoms with van der Waals surface area (Å²) < 4.78 is 0. The van der Waals surface area contributed by atoms with Gasteiger partial charge in [0.2, 0.25) is 5.91 Å². The van der Waals surface area contributed by atoms with Crippen LogP contribution in [0.5, 0.6) is 0 Å². The molecule has 0 spiro atoms. The minimum atomic E-state index is -0.138. The first-order valence-corrected chi connectivity index (χ1v) is 12.8. The van der Waals surface area contributed by atoms with Gasteiger partial charge in [-0.1, -0.05) is 125 Å². The molecule has 0 unspecified atom stereocenters. The lowest BCUT2D eigenvalue weighted by Gasteiger charge is -2.09. The number of carbonyl (C=O) groups excluding carboxylic acids is 1. The number of unbranched alkanes of at least 4 members (excludes halogenated alkanes) is 13. The summed E-state index contributed by atoms with van der Waals surface area (Å²) in [5.74, 6) is -0.138. The highest BCUT2D eigenvalue weighted by Gasteiger charge is 2.09. The van der Waals surface area contributed by atoms with Gasteiger partial charge in [-0.2, -0.15) is 0 Å². The molecule has 0 saturated carbocycles. The smallest absolute Gasteiger partial charge is 0.238 e. The quantitative estimate of drug-likeness (QED) is 0.164. The van der Waals surface area contributed by atoms with Gasteiger partial charge in [0.1, 0.15) is 0 Å². The number of rotatable bonds is 18. The van der Waals surface area contributed by atoms with Crippen molar-refractivity contribution in [2.45, 2.75) is 96.8 Å². The summed E-state index contributed by atoms with van der Waals surface area (Å²) in [6.07, 6.45) is 18.9. The zero-order valence-corrected chi connectivity index (χ0v) is 20.8. The predicted molar refractivity (Wildman–Crippen MR) is 133 cm³/mol. The molecule has 0 fully saturated rings. The maximum absolute atomic E-state index is 12.0. The van der Waals surface area contributed by atoms with Crippen LogP contribution < -0.4 is 10.6 Å². The maximum atomic E-state index is 12.0. The Morgan fingerprint density at radius 1 is 0.700 bits per heavy atom. The van der Waals surface area contributed by atoms with Crippen molar-refractivity contribution in [2.75, 3.05) is 18.4 Å². The van der Waals surface area contributed by atoms with E-state index in [-0.39, 0.29) is 12.5 Å².